The molecule has 2 N–H and O–H groups in total. The van der Waals surface area contributed by atoms with Crippen LogP contribution in [0.1, 0.15) is 28.9 Å². The van der Waals surface area contributed by atoms with Gasteiger partial charge in [-0.05, 0) is 30.7 Å². The number of fused-ring (bicyclic) bond motifs is 1. The highest BCUT2D eigenvalue weighted by atomic mass is 32.1. The maximum Gasteiger partial charge on any atom is 0.350 e. The highest BCUT2D eigenvalue weighted by Crippen LogP contribution is 2.42. The Morgan fingerprint density at radius 1 is 1.44 bits per heavy atom. The molecule has 1 saturated heterocycles. The zero-order valence-corrected chi connectivity index (χ0v) is 11.3. The van der Waals surface area contributed by atoms with Crippen LogP contribution in [0, 0.1) is 11.8 Å². The SMILES string of the molecule is COC(=O)c1sc(N2CC3CCCC3C2)cc1N. The number of thiophene rings is 1. The molecule has 1 saturated carbocycles. The van der Waals surface area contributed by atoms with Crippen molar-refractivity contribution in [3.05, 3.63) is 10.9 Å². The van der Waals surface area contributed by atoms with Gasteiger partial charge in [0.05, 0.1) is 17.8 Å². The van der Waals surface area contributed by atoms with Crippen molar-refractivity contribution in [3.8, 4) is 0 Å². The van der Waals surface area contributed by atoms with E-state index < -0.39 is 0 Å². The zero-order chi connectivity index (χ0) is 12.7. The number of ether oxygens (including phenoxy) is 1. The summed E-state index contributed by atoms with van der Waals surface area (Å²) in [5.41, 5.74) is 6.42. The summed E-state index contributed by atoms with van der Waals surface area (Å²) >= 11 is 1.45. The van der Waals surface area contributed by atoms with Crippen molar-refractivity contribution in [2.75, 3.05) is 30.8 Å². The largest absolute Gasteiger partial charge is 0.465 e. The Kier molecular flexibility index (Phi) is 2.93. The van der Waals surface area contributed by atoms with Gasteiger partial charge in [0.1, 0.15) is 4.88 Å². The fraction of sp³-hybridized carbons (Fsp3) is 0.615. The topological polar surface area (TPSA) is 55.6 Å². The van der Waals surface area contributed by atoms with E-state index in [1.54, 1.807) is 0 Å². The van der Waals surface area contributed by atoms with E-state index in [-0.39, 0.29) is 5.97 Å². The van der Waals surface area contributed by atoms with E-state index in [1.165, 1.54) is 37.7 Å². The van der Waals surface area contributed by atoms with Crippen LogP contribution in [-0.4, -0.2) is 26.2 Å². The quantitative estimate of drug-likeness (QED) is 0.835. The molecule has 4 nitrogen and oxygen atoms in total. The predicted molar refractivity (Wildman–Crippen MR) is 73.1 cm³/mol. The van der Waals surface area contributed by atoms with Gasteiger partial charge in [0.25, 0.3) is 0 Å². The average Bonchev–Trinajstić information content (AvgIpc) is 3.00. The van der Waals surface area contributed by atoms with Crippen molar-refractivity contribution in [1.82, 2.24) is 0 Å². The van der Waals surface area contributed by atoms with Gasteiger partial charge >= 0.3 is 5.97 Å². The Morgan fingerprint density at radius 3 is 2.72 bits per heavy atom. The number of methoxy groups -OCH3 is 1. The predicted octanol–water partition coefficient (Wildman–Crippen LogP) is 2.35. The number of nitrogens with two attached hydrogens (primary N) is 1. The molecule has 1 aromatic rings. The molecule has 2 atom stereocenters. The van der Waals surface area contributed by atoms with Crippen molar-refractivity contribution in [2.45, 2.75) is 19.3 Å². The van der Waals surface area contributed by atoms with Gasteiger partial charge in [-0.1, -0.05) is 6.42 Å². The molecule has 2 heterocycles. The number of rotatable bonds is 2. The third-order valence-corrected chi connectivity index (χ3v) is 5.35. The first kappa shape index (κ1) is 11.8. The van der Waals surface area contributed by atoms with E-state index in [2.05, 4.69) is 4.90 Å². The summed E-state index contributed by atoms with van der Waals surface area (Å²) < 4.78 is 4.74. The summed E-state index contributed by atoms with van der Waals surface area (Å²) in [5, 5.41) is 1.11. The monoisotopic (exact) mass is 266 g/mol. The normalized spacial score (nSPS) is 26.4. The molecule has 98 valence electrons. The van der Waals surface area contributed by atoms with Crippen molar-refractivity contribution < 1.29 is 9.53 Å². The van der Waals surface area contributed by atoms with E-state index in [1.807, 2.05) is 6.07 Å². The van der Waals surface area contributed by atoms with Crippen LogP contribution < -0.4 is 10.6 Å². The number of hydrogen-bond donors (Lipinski definition) is 1. The molecule has 0 radical (unpaired) electrons. The minimum atomic E-state index is -0.330. The number of anilines is 2. The lowest BCUT2D eigenvalue weighted by atomic mass is 10.0. The standard InChI is InChI=1S/C13H18N2O2S/c1-17-13(16)12-10(14)5-11(18-12)15-6-8-3-2-4-9(8)7-15/h5,8-9H,2-4,6-7,14H2,1H3. The van der Waals surface area contributed by atoms with Crippen LogP contribution in [-0.2, 0) is 4.74 Å². The fourth-order valence-corrected chi connectivity index (χ4v) is 4.23. The van der Waals surface area contributed by atoms with Crippen LogP contribution in [0.4, 0.5) is 10.7 Å². The van der Waals surface area contributed by atoms with E-state index in [9.17, 15) is 4.79 Å². The second-order valence-corrected chi connectivity index (χ2v) is 6.25. The minimum Gasteiger partial charge on any atom is -0.465 e. The number of carbonyl (C=O) groups is 1. The van der Waals surface area contributed by atoms with Crippen LogP contribution in [0.15, 0.2) is 6.07 Å². The van der Waals surface area contributed by atoms with E-state index in [0.29, 0.717) is 10.6 Å². The van der Waals surface area contributed by atoms with Crippen LogP contribution in [0.5, 0.6) is 0 Å². The molecule has 2 unspecified atom stereocenters. The summed E-state index contributed by atoms with van der Waals surface area (Å²) in [6.45, 7) is 2.23. The molecule has 5 heteroatoms. The summed E-state index contributed by atoms with van der Waals surface area (Å²) in [6, 6.07) is 1.91. The summed E-state index contributed by atoms with van der Waals surface area (Å²) in [4.78, 5) is 14.5. The van der Waals surface area contributed by atoms with Crippen molar-refractivity contribution in [1.29, 1.82) is 0 Å². The fourth-order valence-electron chi connectivity index (χ4n) is 3.21. The van der Waals surface area contributed by atoms with Crippen molar-refractivity contribution in [3.63, 3.8) is 0 Å². The number of hydrogen-bond acceptors (Lipinski definition) is 5. The van der Waals surface area contributed by atoms with Gasteiger partial charge in [-0.15, -0.1) is 11.3 Å². The number of carbonyl (C=O) groups excluding carboxylic acids is 1. The van der Waals surface area contributed by atoms with Gasteiger partial charge in [0.15, 0.2) is 0 Å². The second-order valence-electron chi connectivity index (χ2n) is 5.22. The summed E-state index contributed by atoms with van der Waals surface area (Å²) in [5.74, 6) is 1.35. The third-order valence-electron chi connectivity index (χ3n) is 4.16. The van der Waals surface area contributed by atoms with Crippen LogP contribution in [0.2, 0.25) is 0 Å². The molecular weight excluding hydrogens is 248 g/mol. The first-order chi connectivity index (χ1) is 8.69. The lowest BCUT2D eigenvalue weighted by molar-refractivity contribution is 0.0607. The molecule has 2 aliphatic rings. The smallest absolute Gasteiger partial charge is 0.350 e. The Morgan fingerprint density at radius 2 is 2.11 bits per heavy atom. The van der Waals surface area contributed by atoms with Gasteiger partial charge in [0, 0.05) is 13.1 Å². The molecule has 18 heavy (non-hydrogen) atoms. The van der Waals surface area contributed by atoms with Gasteiger partial charge in [-0.3, -0.25) is 0 Å². The molecule has 1 aromatic heterocycles. The van der Waals surface area contributed by atoms with E-state index >= 15 is 0 Å². The lowest BCUT2D eigenvalue weighted by Gasteiger charge is -2.16. The van der Waals surface area contributed by atoms with Gasteiger partial charge < -0.3 is 15.4 Å². The zero-order valence-electron chi connectivity index (χ0n) is 10.5. The molecule has 0 amide bonds. The van der Waals surface area contributed by atoms with Crippen molar-refractivity contribution in [2.24, 2.45) is 11.8 Å². The molecule has 0 spiro atoms. The lowest BCUT2D eigenvalue weighted by Crippen LogP contribution is -2.19. The van der Waals surface area contributed by atoms with Gasteiger partial charge in [0.2, 0.25) is 0 Å². The van der Waals surface area contributed by atoms with Gasteiger partial charge in [-0.2, -0.15) is 0 Å². The first-order valence-electron chi connectivity index (χ1n) is 6.41. The van der Waals surface area contributed by atoms with Gasteiger partial charge in [-0.25, -0.2) is 4.79 Å². The van der Waals surface area contributed by atoms with E-state index in [0.717, 1.165) is 29.9 Å². The van der Waals surface area contributed by atoms with Crippen LogP contribution in [0.3, 0.4) is 0 Å². The molecule has 1 aliphatic carbocycles. The maximum absolute atomic E-state index is 11.5. The third kappa shape index (κ3) is 1.86. The highest BCUT2D eigenvalue weighted by Gasteiger charge is 2.36. The van der Waals surface area contributed by atoms with Crippen LogP contribution >= 0.6 is 11.3 Å². The Balaban J connectivity index is 1.79. The molecule has 2 fully saturated rings. The molecule has 1 aliphatic heterocycles. The number of nitrogens with zero attached hydrogens (tertiary/aromatic N) is 1. The highest BCUT2D eigenvalue weighted by molar-refractivity contribution is 7.18. The summed E-state index contributed by atoms with van der Waals surface area (Å²) in [7, 11) is 1.39. The Labute approximate surface area is 111 Å². The second kappa shape index (κ2) is 4.46. The molecule has 0 bridgehead atoms. The number of nitrogen functional groups attached to an aromatic ring is 1. The number of esters is 1. The molecular formula is C13H18N2O2S. The maximum atomic E-state index is 11.5. The Hall–Kier alpha value is -1.23. The minimum absolute atomic E-state index is 0.330. The molecule has 3 rings (SSSR count). The van der Waals surface area contributed by atoms with Crippen LogP contribution in [0.25, 0.3) is 0 Å². The first-order valence-corrected chi connectivity index (χ1v) is 7.23. The average molecular weight is 266 g/mol. The van der Waals surface area contributed by atoms with E-state index in [4.69, 9.17) is 10.5 Å². The van der Waals surface area contributed by atoms with Crippen molar-refractivity contribution >= 4 is 28.0 Å². The summed E-state index contributed by atoms with van der Waals surface area (Å²) in [6.07, 6.45) is 4.08. The Bertz CT molecular complexity index is 460. The molecule has 0 aromatic carbocycles.